The van der Waals surface area contributed by atoms with Crippen molar-refractivity contribution in [3.05, 3.63) is 94.5 Å². The number of alkyl halides is 1. The van der Waals surface area contributed by atoms with E-state index in [1.165, 1.54) is 0 Å². The average molecular weight is 386 g/mol. The lowest BCUT2D eigenvalue weighted by Crippen LogP contribution is -2.04. The maximum Gasteiger partial charge on any atom is 0.193 e. The second-order valence-electron chi connectivity index (χ2n) is 5.18. The van der Waals surface area contributed by atoms with Crippen molar-refractivity contribution in [2.45, 2.75) is 5.33 Å². The van der Waals surface area contributed by atoms with Gasteiger partial charge in [0.2, 0.25) is 0 Å². The van der Waals surface area contributed by atoms with Crippen LogP contribution in [-0.2, 0) is 5.33 Å². The first-order valence-electron chi connectivity index (χ1n) is 7.24. The molecule has 23 heavy (non-hydrogen) atoms. The van der Waals surface area contributed by atoms with Crippen LogP contribution in [0.4, 0.5) is 0 Å². The van der Waals surface area contributed by atoms with Gasteiger partial charge in [-0.15, -0.1) is 0 Å². The second kappa shape index (κ2) is 7.12. The first kappa shape index (κ1) is 16.0. The van der Waals surface area contributed by atoms with Gasteiger partial charge in [-0.3, -0.25) is 4.79 Å². The maximum absolute atomic E-state index is 12.9. The smallest absolute Gasteiger partial charge is 0.193 e. The summed E-state index contributed by atoms with van der Waals surface area (Å²) in [7, 11) is 0. The Labute approximate surface area is 149 Å². The van der Waals surface area contributed by atoms with E-state index in [-0.39, 0.29) is 5.78 Å². The Kier molecular flexibility index (Phi) is 4.94. The number of hydrogen-bond acceptors (Lipinski definition) is 1. The molecule has 3 aromatic carbocycles. The quantitative estimate of drug-likeness (QED) is 0.390. The van der Waals surface area contributed by atoms with Crippen LogP contribution in [0, 0.1) is 0 Å². The summed E-state index contributed by atoms with van der Waals surface area (Å²) in [5.74, 6) is -0.0209. The van der Waals surface area contributed by atoms with Crippen molar-refractivity contribution >= 4 is 33.3 Å². The van der Waals surface area contributed by atoms with E-state index in [2.05, 4.69) is 22.0 Å². The summed E-state index contributed by atoms with van der Waals surface area (Å²) < 4.78 is 0. The van der Waals surface area contributed by atoms with Crippen molar-refractivity contribution in [1.82, 2.24) is 0 Å². The molecule has 0 aliphatic heterocycles. The molecule has 0 N–H and O–H groups in total. The molecule has 3 aromatic rings. The number of carbonyl (C=O) groups is 1. The lowest BCUT2D eigenvalue weighted by molar-refractivity contribution is 0.103. The summed E-state index contributed by atoms with van der Waals surface area (Å²) in [6, 6.07) is 22.8. The summed E-state index contributed by atoms with van der Waals surface area (Å²) in [5.41, 5.74) is 4.36. The topological polar surface area (TPSA) is 17.1 Å². The summed E-state index contributed by atoms with van der Waals surface area (Å²) in [6.45, 7) is 0. The molecule has 0 unspecified atom stereocenters. The van der Waals surface area contributed by atoms with E-state index in [4.69, 9.17) is 11.6 Å². The Hall–Kier alpha value is -1.90. The highest BCUT2D eigenvalue weighted by atomic mass is 79.9. The van der Waals surface area contributed by atoms with Crippen LogP contribution in [0.2, 0.25) is 5.02 Å². The van der Waals surface area contributed by atoms with Gasteiger partial charge >= 0.3 is 0 Å². The molecule has 0 saturated carbocycles. The molecule has 3 rings (SSSR count). The zero-order valence-corrected chi connectivity index (χ0v) is 14.6. The molecule has 114 valence electrons. The Morgan fingerprint density at radius 2 is 1.57 bits per heavy atom. The molecular formula is C20H14BrClO. The highest BCUT2D eigenvalue weighted by Crippen LogP contribution is 2.31. The number of ketones is 1. The van der Waals surface area contributed by atoms with Crippen molar-refractivity contribution in [3.63, 3.8) is 0 Å². The lowest BCUT2D eigenvalue weighted by Gasteiger charge is -2.13. The van der Waals surface area contributed by atoms with Crippen LogP contribution in [0.3, 0.4) is 0 Å². The fourth-order valence-corrected chi connectivity index (χ4v) is 3.24. The van der Waals surface area contributed by atoms with Gasteiger partial charge in [-0.1, -0.05) is 88.2 Å². The van der Waals surface area contributed by atoms with E-state index in [0.29, 0.717) is 16.1 Å². The Morgan fingerprint density at radius 1 is 0.870 bits per heavy atom. The van der Waals surface area contributed by atoms with E-state index in [0.717, 1.165) is 22.0 Å². The van der Waals surface area contributed by atoms with Crippen LogP contribution in [0.5, 0.6) is 0 Å². The number of hydrogen-bond donors (Lipinski definition) is 0. The van der Waals surface area contributed by atoms with Gasteiger partial charge in [0.05, 0.1) is 0 Å². The van der Waals surface area contributed by atoms with Crippen LogP contribution in [-0.4, -0.2) is 5.78 Å². The number of halogens is 2. The third kappa shape index (κ3) is 3.39. The van der Waals surface area contributed by atoms with Gasteiger partial charge in [-0.05, 0) is 28.8 Å². The van der Waals surface area contributed by atoms with E-state index in [9.17, 15) is 4.79 Å². The molecule has 0 amide bonds. The molecule has 0 bridgehead atoms. The molecule has 0 spiro atoms. The fraction of sp³-hybridized carbons (Fsp3) is 0.0500. The first-order chi connectivity index (χ1) is 11.2. The van der Waals surface area contributed by atoms with E-state index < -0.39 is 0 Å². The van der Waals surface area contributed by atoms with E-state index in [1.807, 2.05) is 60.7 Å². The SMILES string of the molecule is O=C(c1ccccc1)c1cc(Cl)ccc1-c1ccccc1CBr. The molecule has 0 aliphatic carbocycles. The standard InChI is InChI=1S/C20H14BrClO/c21-13-15-8-4-5-9-17(15)18-11-10-16(22)12-19(18)20(23)14-6-2-1-3-7-14/h1-12H,13H2. The maximum atomic E-state index is 12.9. The van der Waals surface area contributed by atoms with E-state index in [1.54, 1.807) is 6.07 Å². The van der Waals surface area contributed by atoms with Crippen LogP contribution in [0.25, 0.3) is 11.1 Å². The van der Waals surface area contributed by atoms with Gasteiger partial charge < -0.3 is 0 Å². The summed E-state index contributed by atoms with van der Waals surface area (Å²) in [6.07, 6.45) is 0. The minimum atomic E-state index is -0.0209. The van der Waals surface area contributed by atoms with E-state index >= 15 is 0 Å². The monoisotopic (exact) mass is 384 g/mol. The fourth-order valence-electron chi connectivity index (χ4n) is 2.58. The number of benzene rings is 3. The molecule has 0 saturated heterocycles. The zero-order chi connectivity index (χ0) is 16.2. The number of carbonyl (C=O) groups excluding carboxylic acids is 1. The van der Waals surface area contributed by atoms with Crippen molar-refractivity contribution in [2.24, 2.45) is 0 Å². The molecular weight excluding hydrogens is 372 g/mol. The van der Waals surface area contributed by atoms with Crippen LogP contribution in [0.1, 0.15) is 21.5 Å². The van der Waals surface area contributed by atoms with Gasteiger partial charge in [0.25, 0.3) is 0 Å². The molecule has 0 aliphatic rings. The molecule has 3 heteroatoms. The first-order valence-corrected chi connectivity index (χ1v) is 8.74. The minimum absolute atomic E-state index is 0.0209. The van der Waals surface area contributed by atoms with Crippen molar-refractivity contribution < 1.29 is 4.79 Å². The second-order valence-corrected chi connectivity index (χ2v) is 6.17. The van der Waals surface area contributed by atoms with Gasteiger partial charge in [0, 0.05) is 21.5 Å². The number of rotatable bonds is 4. The molecule has 0 aromatic heterocycles. The highest BCUT2D eigenvalue weighted by molar-refractivity contribution is 9.08. The predicted octanol–water partition coefficient (Wildman–Crippen LogP) is 6.13. The van der Waals surface area contributed by atoms with Gasteiger partial charge in [-0.2, -0.15) is 0 Å². The highest BCUT2D eigenvalue weighted by Gasteiger charge is 2.16. The molecule has 1 nitrogen and oxygen atoms in total. The third-order valence-electron chi connectivity index (χ3n) is 3.71. The van der Waals surface area contributed by atoms with Crippen LogP contribution >= 0.6 is 27.5 Å². The van der Waals surface area contributed by atoms with Gasteiger partial charge in [0.15, 0.2) is 5.78 Å². The van der Waals surface area contributed by atoms with Crippen LogP contribution in [0.15, 0.2) is 72.8 Å². The predicted molar refractivity (Wildman–Crippen MR) is 99.4 cm³/mol. The van der Waals surface area contributed by atoms with Crippen molar-refractivity contribution in [3.8, 4) is 11.1 Å². The normalized spacial score (nSPS) is 10.5. The van der Waals surface area contributed by atoms with Crippen molar-refractivity contribution in [1.29, 1.82) is 0 Å². The molecule has 0 heterocycles. The average Bonchev–Trinajstić information content (AvgIpc) is 2.62. The van der Waals surface area contributed by atoms with Gasteiger partial charge in [0.1, 0.15) is 0 Å². The Bertz CT molecular complexity index is 843. The third-order valence-corrected chi connectivity index (χ3v) is 4.55. The van der Waals surface area contributed by atoms with Crippen LogP contribution < -0.4 is 0 Å². The Balaban J connectivity index is 2.18. The van der Waals surface area contributed by atoms with Crippen molar-refractivity contribution in [2.75, 3.05) is 0 Å². The summed E-state index contributed by atoms with van der Waals surface area (Å²) in [5, 5.41) is 1.29. The largest absolute Gasteiger partial charge is 0.289 e. The molecule has 0 atom stereocenters. The Morgan fingerprint density at radius 3 is 2.30 bits per heavy atom. The molecule has 0 fully saturated rings. The minimum Gasteiger partial charge on any atom is -0.289 e. The zero-order valence-electron chi connectivity index (χ0n) is 12.3. The summed E-state index contributed by atoms with van der Waals surface area (Å²) >= 11 is 9.66. The lowest BCUT2D eigenvalue weighted by atomic mass is 9.92. The summed E-state index contributed by atoms with van der Waals surface area (Å²) in [4.78, 5) is 12.9. The van der Waals surface area contributed by atoms with Gasteiger partial charge in [-0.25, -0.2) is 0 Å². The molecule has 0 radical (unpaired) electrons.